The Morgan fingerprint density at radius 1 is 1.19 bits per heavy atom. The molecule has 0 aliphatic heterocycles. The molecule has 0 atom stereocenters. The summed E-state index contributed by atoms with van der Waals surface area (Å²) in [6, 6.07) is 11.2. The van der Waals surface area contributed by atoms with Gasteiger partial charge >= 0.3 is 0 Å². The van der Waals surface area contributed by atoms with Gasteiger partial charge in [0.05, 0.1) is 11.5 Å². The van der Waals surface area contributed by atoms with Gasteiger partial charge in [-0.2, -0.15) is 0 Å². The fraction of sp³-hybridized carbons (Fsp3) is 0.500. The van der Waals surface area contributed by atoms with Gasteiger partial charge in [0.2, 0.25) is 0 Å². The molecule has 0 saturated heterocycles. The maximum absolute atomic E-state index is 6.24. The summed E-state index contributed by atoms with van der Waals surface area (Å²) in [6.07, 6.45) is 6.06. The average Bonchev–Trinajstić information content (AvgIpc) is 3.01. The van der Waals surface area contributed by atoms with Crippen molar-refractivity contribution >= 4 is 5.84 Å². The van der Waals surface area contributed by atoms with Crippen molar-refractivity contribution in [2.75, 3.05) is 0 Å². The fourth-order valence-electron chi connectivity index (χ4n) is 2.50. The Labute approximate surface area is 96.6 Å². The first-order valence-electron chi connectivity index (χ1n) is 6.20. The molecule has 0 bridgehead atoms. The van der Waals surface area contributed by atoms with Crippen LogP contribution < -0.4 is 5.73 Å². The summed E-state index contributed by atoms with van der Waals surface area (Å²) in [4.78, 5) is 4.65. The van der Waals surface area contributed by atoms with Crippen LogP contribution in [-0.2, 0) is 5.41 Å². The first-order valence-corrected chi connectivity index (χ1v) is 6.20. The number of nitrogens with zero attached hydrogens (tertiary/aromatic N) is 1. The highest BCUT2D eigenvalue weighted by molar-refractivity contribution is 5.93. The van der Waals surface area contributed by atoms with Crippen molar-refractivity contribution in [2.24, 2.45) is 10.7 Å². The Hall–Kier alpha value is -1.31. The van der Waals surface area contributed by atoms with Crippen molar-refractivity contribution in [2.45, 2.75) is 43.6 Å². The van der Waals surface area contributed by atoms with E-state index in [1.807, 2.05) is 0 Å². The Bertz CT molecular complexity index is 400. The molecule has 0 amide bonds. The predicted octanol–water partition coefficient (Wildman–Crippen LogP) is 2.63. The lowest BCUT2D eigenvalue weighted by Gasteiger charge is -2.42. The van der Waals surface area contributed by atoms with Gasteiger partial charge in [0.1, 0.15) is 5.84 Å². The third-order valence-electron chi connectivity index (χ3n) is 3.89. The summed E-state index contributed by atoms with van der Waals surface area (Å²) in [5, 5.41) is 0. The highest BCUT2D eigenvalue weighted by atomic mass is 14.9. The van der Waals surface area contributed by atoms with Crippen LogP contribution in [0.1, 0.15) is 37.7 Å². The van der Waals surface area contributed by atoms with Crippen LogP contribution >= 0.6 is 0 Å². The zero-order valence-corrected chi connectivity index (χ0v) is 9.52. The van der Waals surface area contributed by atoms with Gasteiger partial charge in [0.15, 0.2) is 0 Å². The summed E-state index contributed by atoms with van der Waals surface area (Å²) in [6.45, 7) is 0. The number of hydrogen-bond donors (Lipinski definition) is 1. The van der Waals surface area contributed by atoms with Gasteiger partial charge in [-0.3, -0.25) is 4.99 Å². The van der Waals surface area contributed by atoms with E-state index < -0.39 is 0 Å². The monoisotopic (exact) mass is 214 g/mol. The number of benzene rings is 1. The van der Waals surface area contributed by atoms with E-state index in [1.54, 1.807) is 0 Å². The van der Waals surface area contributed by atoms with E-state index in [-0.39, 0.29) is 5.41 Å². The second-order valence-electron chi connectivity index (χ2n) is 5.05. The number of rotatable bonds is 3. The van der Waals surface area contributed by atoms with Crippen molar-refractivity contribution in [3.05, 3.63) is 35.9 Å². The molecular formula is C14H18N2. The minimum Gasteiger partial charge on any atom is -0.387 e. The van der Waals surface area contributed by atoms with E-state index >= 15 is 0 Å². The molecule has 0 unspecified atom stereocenters. The number of hydrogen-bond acceptors (Lipinski definition) is 1. The van der Waals surface area contributed by atoms with Gasteiger partial charge in [0, 0.05) is 0 Å². The molecule has 0 heterocycles. The number of nitrogens with two attached hydrogens (primary N) is 1. The van der Waals surface area contributed by atoms with Crippen molar-refractivity contribution in [1.82, 2.24) is 0 Å². The lowest BCUT2D eigenvalue weighted by molar-refractivity contribution is 0.337. The van der Waals surface area contributed by atoms with E-state index in [9.17, 15) is 0 Å². The largest absolute Gasteiger partial charge is 0.387 e. The molecule has 0 aromatic heterocycles. The second-order valence-corrected chi connectivity index (χ2v) is 5.05. The Kier molecular flexibility index (Phi) is 2.23. The van der Waals surface area contributed by atoms with Crippen LogP contribution in [0.15, 0.2) is 35.3 Å². The number of amidine groups is 1. The van der Waals surface area contributed by atoms with Gasteiger partial charge in [-0.1, -0.05) is 36.8 Å². The van der Waals surface area contributed by atoms with Gasteiger partial charge in [-0.05, 0) is 31.2 Å². The molecule has 2 N–H and O–H groups in total. The third-order valence-corrected chi connectivity index (χ3v) is 3.89. The highest BCUT2D eigenvalue weighted by Crippen LogP contribution is 2.44. The van der Waals surface area contributed by atoms with Crippen LogP contribution in [0.2, 0.25) is 0 Å². The normalized spacial score (nSPS) is 23.9. The first kappa shape index (κ1) is 9.88. The van der Waals surface area contributed by atoms with Crippen molar-refractivity contribution in [3.8, 4) is 0 Å². The molecule has 1 aromatic carbocycles. The summed E-state index contributed by atoms with van der Waals surface area (Å²) in [5.74, 6) is 0.882. The Morgan fingerprint density at radius 2 is 1.88 bits per heavy atom. The smallest absolute Gasteiger partial charge is 0.105 e. The minimum atomic E-state index is 0.0733. The van der Waals surface area contributed by atoms with Crippen LogP contribution in [0.4, 0.5) is 0 Å². The fourth-order valence-corrected chi connectivity index (χ4v) is 2.50. The topological polar surface area (TPSA) is 38.4 Å². The Morgan fingerprint density at radius 3 is 2.38 bits per heavy atom. The molecule has 0 spiro atoms. The van der Waals surface area contributed by atoms with E-state index in [1.165, 1.54) is 37.7 Å². The van der Waals surface area contributed by atoms with E-state index in [0.29, 0.717) is 6.04 Å². The molecule has 1 aromatic rings. The standard InChI is InChI=1S/C14H18N2/c15-13(16-12-7-8-12)14(9-4-10-14)11-5-2-1-3-6-11/h1-3,5-6,12H,4,7-10H2,(H2,15,16). The van der Waals surface area contributed by atoms with E-state index in [4.69, 9.17) is 5.73 Å². The van der Waals surface area contributed by atoms with Gasteiger partial charge in [-0.25, -0.2) is 0 Å². The Balaban J connectivity index is 1.93. The summed E-state index contributed by atoms with van der Waals surface area (Å²) >= 11 is 0. The molecule has 2 aliphatic rings. The van der Waals surface area contributed by atoms with Crippen molar-refractivity contribution < 1.29 is 0 Å². The van der Waals surface area contributed by atoms with Crippen LogP contribution in [0.25, 0.3) is 0 Å². The lowest BCUT2D eigenvalue weighted by Crippen LogP contribution is -2.47. The molecule has 2 aliphatic carbocycles. The third kappa shape index (κ3) is 1.53. The van der Waals surface area contributed by atoms with Gasteiger partial charge < -0.3 is 5.73 Å². The predicted molar refractivity (Wildman–Crippen MR) is 66.6 cm³/mol. The van der Waals surface area contributed by atoms with Crippen LogP contribution in [0.3, 0.4) is 0 Å². The van der Waals surface area contributed by atoms with Crippen molar-refractivity contribution in [1.29, 1.82) is 0 Å². The molecule has 16 heavy (non-hydrogen) atoms. The van der Waals surface area contributed by atoms with Gasteiger partial charge in [-0.15, -0.1) is 0 Å². The highest BCUT2D eigenvalue weighted by Gasteiger charge is 2.43. The summed E-state index contributed by atoms with van der Waals surface area (Å²) in [7, 11) is 0. The quantitative estimate of drug-likeness (QED) is 0.609. The van der Waals surface area contributed by atoms with Crippen LogP contribution in [0.5, 0.6) is 0 Å². The molecule has 3 rings (SSSR count). The lowest BCUT2D eigenvalue weighted by atomic mass is 9.63. The molecule has 0 radical (unpaired) electrons. The van der Waals surface area contributed by atoms with Crippen molar-refractivity contribution in [3.63, 3.8) is 0 Å². The maximum atomic E-state index is 6.24. The van der Waals surface area contributed by atoms with E-state index in [0.717, 1.165) is 5.84 Å². The first-order chi connectivity index (χ1) is 7.81. The molecule has 84 valence electrons. The summed E-state index contributed by atoms with van der Waals surface area (Å²) < 4.78 is 0. The zero-order chi connectivity index (χ0) is 11.0. The SMILES string of the molecule is NC(=NC1CC1)C1(c2ccccc2)CCC1. The van der Waals surface area contributed by atoms with E-state index in [2.05, 4.69) is 35.3 Å². The number of aliphatic imine (C=N–C) groups is 1. The molecular weight excluding hydrogens is 196 g/mol. The van der Waals surface area contributed by atoms with Crippen LogP contribution in [-0.4, -0.2) is 11.9 Å². The van der Waals surface area contributed by atoms with Crippen LogP contribution in [0, 0.1) is 0 Å². The second kappa shape index (κ2) is 3.62. The summed E-state index contributed by atoms with van der Waals surface area (Å²) in [5.41, 5.74) is 7.66. The molecule has 2 fully saturated rings. The van der Waals surface area contributed by atoms with Gasteiger partial charge in [0.25, 0.3) is 0 Å². The maximum Gasteiger partial charge on any atom is 0.105 e. The average molecular weight is 214 g/mol. The minimum absolute atomic E-state index is 0.0733. The zero-order valence-electron chi connectivity index (χ0n) is 9.52. The molecule has 2 saturated carbocycles. The molecule has 2 heteroatoms. The molecule has 2 nitrogen and oxygen atoms in total.